The molecule has 1 saturated heterocycles. The summed E-state index contributed by atoms with van der Waals surface area (Å²) >= 11 is 0. The highest BCUT2D eigenvalue weighted by Gasteiger charge is 2.27. The van der Waals surface area contributed by atoms with E-state index >= 15 is 0 Å². The third kappa shape index (κ3) is 6.58. The molecule has 1 aromatic carbocycles. The summed E-state index contributed by atoms with van der Waals surface area (Å²) in [7, 11) is 4.01. The highest BCUT2D eigenvalue weighted by molar-refractivity contribution is 5.71. The van der Waals surface area contributed by atoms with Gasteiger partial charge >= 0.3 is 5.69 Å². The SMILES string of the molecule is CC(C)Oc1nc(N2CCOCC2)c([N+](=O)[O-])cc1Nc1nccc(-n2cc(CN(C)C)c(-c3ccccc3)n2)n1. The Hall–Kier alpha value is -4.62. The lowest BCUT2D eigenvalue weighted by Gasteiger charge is -2.28. The molecule has 4 aromatic rings. The molecule has 0 radical (unpaired) electrons. The minimum Gasteiger partial charge on any atom is -0.473 e. The number of rotatable bonds is 10. The van der Waals surface area contributed by atoms with Gasteiger partial charge in [-0.2, -0.15) is 15.1 Å². The van der Waals surface area contributed by atoms with E-state index in [1.165, 1.54) is 6.07 Å². The number of anilines is 3. The van der Waals surface area contributed by atoms with Crippen molar-refractivity contribution < 1.29 is 14.4 Å². The molecule has 1 fully saturated rings. The zero-order chi connectivity index (χ0) is 28.9. The standard InChI is InChI=1S/C28H33N9O4/c1-19(2)41-27-22(16-23(37(38)39)26(32-27)35-12-14-40-15-13-35)30-28-29-11-10-24(31-28)36-18-21(17-34(3)4)25(33-36)20-8-6-5-7-9-20/h5-11,16,18-19H,12-15,17H2,1-4H3,(H,29,30,31). The predicted octanol–water partition coefficient (Wildman–Crippen LogP) is 4.06. The van der Waals surface area contributed by atoms with E-state index in [0.717, 1.165) is 16.8 Å². The monoisotopic (exact) mass is 559 g/mol. The summed E-state index contributed by atoms with van der Waals surface area (Å²) in [6.07, 6.45) is 3.34. The number of nitrogens with one attached hydrogen (secondary N) is 1. The van der Waals surface area contributed by atoms with E-state index in [4.69, 9.17) is 14.6 Å². The molecular formula is C28H33N9O4. The van der Waals surface area contributed by atoms with Gasteiger partial charge in [0.1, 0.15) is 5.69 Å². The molecule has 1 aliphatic heterocycles. The first-order chi connectivity index (χ1) is 19.8. The summed E-state index contributed by atoms with van der Waals surface area (Å²) in [5, 5.41) is 20.0. The van der Waals surface area contributed by atoms with Crippen LogP contribution in [-0.4, -0.2) is 81.1 Å². The van der Waals surface area contributed by atoms with Crippen LogP contribution in [0.15, 0.2) is 54.9 Å². The van der Waals surface area contributed by atoms with Crippen molar-refractivity contribution in [3.8, 4) is 23.0 Å². The molecule has 0 aliphatic carbocycles. The highest BCUT2D eigenvalue weighted by Crippen LogP contribution is 2.37. The second-order valence-corrected chi connectivity index (χ2v) is 10.1. The highest BCUT2D eigenvalue weighted by atomic mass is 16.6. The van der Waals surface area contributed by atoms with Crippen LogP contribution in [0.1, 0.15) is 19.4 Å². The molecule has 0 atom stereocenters. The van der Waals surface area contributed by atoms with Crippen molar-refractivity contribution >= 4 is 23.1 Å². The van der Waals surface area contributed by atoms with Gasteiger partial charge in [-0.1, -0.05) is 30.3 Å². The van der Waals surface area contributed by atoms with Crippen molar-refractivity contribution in [2.24, 2.45) is 0 Å². The quantitative estimate of drug-likeness (QED) is 0.222. The van der Waals surface area contributed by atoms with Gasteiger partial charge in [-0.15, -0.1) is 0 Å². The van der Waals surface area contributed by atoms with Crippen molar-refractivity contribution in [1.82, 2.24) is 29.6 Å². The average Bonchev–Trinajstić information content (AvgIpc) is 3.37. The summed E-state index contributed by atoms with van der Waals surface area (Å²) in [5.41, 5.74) is 3.05. The third-order valence-corrected chi connectivity index (χ3v) is 6.25. The van der Waals surface area contributed by atoms with Crippen molar-refractivity contribution in [2.45, 2.75) is 26.5 Å². The first kappa shape index (κ1) is 27.9. The molecule has 5 rings (SSSR count). The van der Waals surface area contributed by atoms with Gasteiger partial charge in [0.15, 0.2) is 5.82 Å². The normalized spacial score (nSPS) is 13.6. The van der Waals surface area contributed by atoms with Crippen LogP contribution in [0.2, 0.25) is 0 Å². The lowest BCUT2D eigenvalue weighted by Crippen LogP contribution is -2.37. The van der Waals surface area contributed by atoms with Gasteiger partial charge in [-0.25, -0.2) is 9.67 Å². The minimum atomic E-state index is -0.444. The minimum absolute atomic E-state index is 0.144. The van der Waals surface area contributed by atoms with Gasteiger partial charge in [-0.3, -0.25) is 10.1 Å². The Morgan fingerprint density at radius 2 is 1.90 bits per heavy atom. The van der Waals surface area contributed by atoms with Crippen molar-refractivity contribution in [1.29, 1.82) is 0 Å². The van der Waals surface area contributed by atoms with E-state index in [0.29, 0.717) is 44.4 Å². The summed E-state index contributed by atoms with van der Waals surface area (Å²) in [4.78, 5) is 29.1. The Balaban J connectivity index is 1.51. The molecule has 3 aromatic heterocycles. The molecular weight excluding hydrogens is 526 g/mol. The topological polar surface area (TPSA) is 137 Å². The molecule has 0 unspecified atom stereocenters. The fourth-order valence-electron chi connectivity index (χ4n) is 4.50. The van der Waals surface area contributed by atoms with Crippen LogP contribution in [-0.2, 0) is 11.3 Å². The first-order valence-corrected chi connectivity index (χ1v) is 13.4. The number of nitrogens with zero attached hydrogens (tertiary/aromatic N) is 8. The van der Waals surface area contributed by atoms with E-state index in [1.54, 1.807) is 16.9 Å². The van der Waals surface area contributed by atoms with E-state index in [1.807, 2.05) is 69.4 Å². The average molecular weight is 560 g/mol. The zero-order valence-electron chi connectivity index (χ0n) is 23.5. The van der Waals surface area contributed by atoms with E-state index in [2.05, 4.69) is 25.2 Å². The van der Waals surface area contributed by atoms with Crippen LogP contribution in [0.5, 0.6) is 5.88 Å². The number of pyridine rings is 1. The number of morpholine rings is 1. The lowest BCUT2D eigenvalue weighted by molar-refractivity contribution is -0.384. The van der Waals surface area contributed by atoms with Crippen LogP contribution in [0.3, 0.4) is 0 Å². The molecule has 41 heavy (non-hydrogen) atoms. The van der Waals surface area contributed by atoms with Gasteiger partial charge in [0.2, 0.25) is 17.6 Å². The molecule has 1 N–H and O–H groups in total. The van der Waals surface area contributed by atoms with Crippen molar-refractivity contribution in [3.05, 3.63) is 70.5 Å². The Morgan fingerprint density at radius 3 is 2.59 bits per heavy atom. The summed E-state index contributed by atoms with van der Waals surface area (Å²) in [5.74, 6) is 1.22. The summed E-state index contributed by atoms with van der Waals surface area (Å²) in [6.45, 7) is 6.36. The number of benzene rings is 1. The largest absolute Gasteiger partial charge is 0.473 e. The molecule has 4 heterocycles. The fraction of sp³-hybridized carbons (Fsp3) is 0.357. The van der Waals surface area contributed by atoms with Crippen molar-refractivity contribution in [3.63, 3.8) is 0 Å². The van der Waals surface area contributed by atoms with Crippen LogP contribution < -0.4 is 15.0 Å². The van der Waals surface area contributed by atoms with Crippen LogP contribution in [0.4, 0.5) is 23.1 Å². The zero-order valence-corrected chi connectivity index (χ0v) is 23.5. The Kier molecular flexibility index (Phi) is 8.36. The van der Waals surface area contributed by atoms with E-state index < -0.39 is 4.92 Å². The smallest absolute Gasteiger partial charge is 0.313 e. The molecule has 13 heteroatoms. The molecule has 0 saturated carbocycles. The second-order valence-electron chi connectivity index (χ2n) is 10.1. The Labute approximate surface area is 237 Å². The molecule has 0 bridgehead atoms. The molecule has 0 spiro atoms. The number of ether oxygens (including phenoxy) is 2. The second kappa shape index (κ2) is 12.3. The van der Waals surface area contributed by atoms with Gasteiger partial charge < -0.3 is 24.6 Å². The van der Waals surface area contributed by atoms with Gasteiger partial charge in [0.05, 0.1) is 29.9 Å². The lowest BCUT2D eigenvalue weighted by atomic mass is 10.1. The molecule has 1 aliphatic rings. The maximum absolute atomic E-state index is 12.1. The Morgan fingerprint density at radius 1 is 1.15 bits per heavy atom. The van der Waals surface area contributed by atoms with E-state index in [-0.39, 0.29) is 29.4 Å². The first-order valence-electron chi connectivity index (χ1n) is 13.4. The van der Waals surface area contributed by atoms with Gasteiger partial charge in [0.25, 0.3) is 0 Å². The number of aromatic nitrogens is 5. The maximum atomic E-state index is 12.1. The molecule has 214 valence electrons. The predicted molar refractivity (Wildman–Crippen MR) is 155 cm³/mol. The molecule has 0 amide bonds. The molecule has 13 nitrogen and oxygen atoms in total. The fourth-order valence-corrected chi connectivity index (χ4v) is 4.50. The number of hydrogen-bond acceptors (Lipinski definition) is 11. The Bertz CT molecular complexity index is 1500. The number of nitro groups is 1. The van der Waals surface area contributed by atoms with Gasteiger partial charge in [-0.05, 0) is 27.9 Å². The van der Waals surface area contributed by atoms with E-state index in [9.17, 15) is 10.1 Å². The maximum Gasteiger partial charge on any atom is 0.313 e. The number of hydrogen-bond donors (Lipinski definition) is 1. The summed E-state index contributed by atoms with van der Waals surface area (Å²) in [6, 6.07) is 13.1. The van der Waals surface area contributed by atoms with Crippen LogP contribution in [0.25, 0.3) is 17.1 Å². The van der Waals surface area contributed by atoms with Crippen LogP contribution >= 0.6 is 0 Å². The van der Waals surface area contributed by atoms with Gasteiger partial charge in [0, 0.05) is 55.3 Å². The van der Waals surface area contributed by atoms with Crippen LogP contribution in [0, 0.1) is 10.1 Å². The van der Waals surface area contributed by atoms with Crippen molar-refractivity contribution in [2.75, 3.05) is 50.6 Å². The third-order valence-electron chi connectivity index (χ3n) is 6.25. The summed E-state index contributed by atoms with van der Waals surface area (Å²) < 4.78 is 13.1.